The molecule has 0 aromatic carbocycles. The van der Waals surface area contributed by atoms with E-state index in [9.17, 15) is 0 Å². The van der Waals surface area contributed by atoms with Crippen LogP contribution < -0.4 is 0 Å². The lowest BCUT2D eigenvalue weighted by molar-refractivity contribution is 0.341. The second-order valence-electron chi connectivity index (χ2n) is 3.18. The Balaban J connectivity index is 3.62. The standard InChI is InChI=1S/C11H20O/c1-4-10(2)6-5-7-11(3)8-9-12/h6,8,12H,4-5,7,9H2,1-3H3. The zero-order valence-corrected chi connectivity index (χ0v) is 8.43. The molecular formula is C11H20O. The summed E-state index contributed by atoms with van der Waals surface area (Å²) in [5.41, 5.74) is 2.73. The maximum Gasteiger partial charge on any atom is 0.0614 e. The first kappa shape index (κ1) is 11.4. The zero-order valence-electron chi connectivity index (χ0n) is 8.43. The van der Waals surface area contributed by atoms with Crippen LogP contribution in [0.25, 0.3) is 0 Å². The first-order valence-electron chi connectivity index (χ1n) is 4.62. The molecule has 0 aromatic heterocycles. The lowest BCUT2D eigenvalue weighted by atomic mass is 10.1. The van der Waals surface area contributed by atoms with E-state index in [1.165, 1.54) is 11.1 Å². The molecule has 0 aromatic rings. The molecule has 0 saturated heterocycles. The molecule has 0 unspecified atom stereocenters. The van der Waals surface area contributed by atoms with Crippen LogP contribution in [0.15, 0.2) is 23.3 Å². The summed E-state index contributed by atoms with van der Waals surface area (Å²) in [5.74, 6) is 0. The molecule has 0 amide bonds. The normalized spacial score (nSPS) is 13.7. The first-order valence-corrected chi connectivity index (χ1v) is 4.62. The third kappa shape index (κ3) is 6.17. The van der Waals surface area contributed by atoms with Crippen molar-refractivity contribution in [2.24, 2.45) is 0 Å². The van der Waals surface area contributed by atoms with E-state index in [0.717, 1.165) is 19.3 Å². The van der Waals surface area contributed by atoms with E-state index in [1.807, 2.05) is 6.08 Å². The minimum atomic E-state index is 0.169. The molecular weight excluding hydrogens is 148 g/mol. The Bertz CT molecular complexity index is 166. The third-order valence-corrected chi connectivity index (χ3v) is 2.03. The minimum absolute atomic E-state index is 0.169. The molecule has 70 valence electrons. The van der Waals surface area contributed by atoms with Gasteiger partial charge in [-0.2, -0.15) is 0 Å². The van der Waals surface area contributed by atoms with Crippen LogP contribution in [-0.2, 0) is 0 Å². The van der Waals surface area contributed by atoms with Crippen LogP contribution in [0.1, 0.15) is 40.0 Å². The largest absolute Gasteiger partial charge is 0.392 e. The van der Waals surface area contributed by atoms with Gasteiger partial charge in [0.2, 0.25) is 0 Å². The predicted molar refractivity (Wildman–Crippen MR) is 54.1 cm³/mol. The summed E-state index contributed by atoms with van der Waals surface area (Å²) in [6.07, 6.45) is 7.45. The van der Waals surface area contributed by atoms with Crippen molar-refractivity contribution in [3.05, 3.63) is 23.3 Å². The van der Waals surface area contributed by atoms with Gasteiger partial charge in [-0.15, -0.1) is 0 Å². The average Bonchev–Trinajstić information content (AvgIpc) is 2.04. The predicted octanol–water partition coefficient (Wildman–Crippen LogP) is 3.06. The molecule has 0 aliphatic rings. The fourth-order valence-electron chi connectivity index (χ4n) is 0.948. The van der Waals surface area contributed by atoms with Crippen LogP contribution in [0.2, 0.25) is 0 Å². The molecule has 1 nitrogen and oxygen atoms in total. The highest BCUT2D eigenvalue weighted by Crippen LogP contribution is 2.07. The summed E-state index contributed by atoms with van der Waals surface area (Å²) in [6, 6.07) is 0. The van der Waals surface area contributed by atoms with Crippen LogP contribution in [0, 0.1) is 0 Å². The summed E-state index contributed by atoms with van der Waals surface area (Å²) >= 11 is 0. The molecule has 0 aliphatic heterocycles. The van der Waals surface area contributed by atoms with Crippen LogP contribution in [0.4, 0.5) is 0 Å². The van der Waals surface area contributed by atoms with Gasteiger partial charge in [-0.25, -0.2) is 0 Å². The quantitative estimate of drug-likeness (QED) is 0.625. The van der Waals surface area contributed by atoms with Crippen molar-refractivity contribution in [2.45, 2.75) is 40.0 Å². The molecule has 0 saturated carbocycles. The van der Waals surface area contributed by atoms with Crippen molar-refractivity contribution in [2.75, 3.05) is 6.61 Å². The number of hydrogen-bond donors (Lipinski definition) is 1. The Morgan fingerprint density at radius 2 is 1.83 bits per heavy atom. The number of hydrogen-bond acceptors (Lipinski definition) is 1. The average molecular weight is 168 g/mol. The molecule has 0 bridgehead atoms. The number of allylic oxidation sites excluding steroid dienone is 3. The highest BCUT2D eigenvalue weighted by Gasteiger charge is 1.88. The Morgan fingerprint density at radius 1 is 1.17 bits per heavy atom. The number of aliphatic hydroxyl groups is 1. The summed E-state index contributed by atoms with van der Waals surface area (Å²) in [7, 11) is 0. The van der Waals surface area contributed by atoms with Gasteiger partial charge in [0, 0.05) is 0 Å². The monoisotopic (exact) mass is 168 g/mol. The van der Waals surface area contributed by atoms with Gasteiger partial charge in [0.1, 0.15) is 0 Å². The second kappa shape index (κ2) is 7.11. The summed E-state index contributed by atoms with van der Waals surface area (Å²) in [4.78, 5) is 0. The van der Waals surface area contributed by atoms with E-state index < -0.39 is 0 Å². The van der Waals surface area contributed by atoms with Crippen LogP contribution >= 0.6 is 0 Å². The molecule has 0 atom stereocenters. The first-order chi connectivity index (χ1) is 5.70. The van der Waals surface area contributed by atoms with E-state index in [2.05, 4.69) is 26.8 Å². The molecule has 0 aliphatic carbocycles. The van der Waals surface area contributed by atoms with Crippen molar-refractivity contribution in [3.63, 3.8) is 0 Å². The van der Waals surface area contributed by atoms with E-state index in [0.29, 0.717) is 0 Å². The summed E-state index contributed by atoms with van der Waals surface area (Å²) < 4.78 is 0. The van der Waals surface area contributed by atoms with Crippen LogP contribution in [-0.4, -0.2) is 11.7 Å². The van der Waals surface area contributed by atoms with E-state index in [4.69, 9.17) is 5.11 Å². The highest BCUT2D eigenvalue weighted by molar-refractivity contribution is 5.03. The van der Waals surface area contributed by atoms with Gasteiger partial charge in [-0.1, -0.05) is 30.2 Å². The van der Waals surface area contributed by atoms with Gasteiger partial charge in [0.15, 0.2) is 0 Å². The highest BCUT2D eigenvalue weighted by atomic mass is 16.2. The van der Waals surface area contributed by atoms with Crippen LogP contribution in [0.5, 0.6) is 0 Å². The van der Waals surface area contributed by atoms with Crippen molar-refractivity contribution >= 4 is 0 Å². The second-order valence-corrected chi connectivity index (χ2v) is 3.18. The smallest absolute Gasteiger partial charge is 0.0614 e. The Kier molecular flexibility index (Phi) is 6.78. The third-order valence-electron chi connectivity index (χ3n) is 2.03. The lowest BCUT2D eigenvalue weighted by Crippen LogP contribution is -1.81. The summed E-state index contributed by atoms with van der Waals surface area (Å²) in [5, 5.41) is 8.60. The van der Waals surface area contributed by atoms with Crippen molar-refractivity contribution in [1.82, 2.24) is 0 Å². The van der Waals surface area contributed by atoms with Gasteiger partial charge in [0.05, 0.1) is 6.61 Å². The number of aliphatic hydroxyl groups excluding tert-OH is 1. The Hall–Kier alpha value is -0.560. The van der Waals surface area contributed by atoms with Crippen molar-refractivity contribution in [1.29, 1.82) is 0 Å². The van der Waals surface area contributed by atoms with E-state index in [-0.39, 0.29) is 6.61 Å². The van der Waals surface area contributed by atoms with Crippen molar-refractivity contribution < 1.29 is 5.11 Å². The van der Waals surface area contributed by atoms with E-state index in [1.54, 1.807) is 0 Å². The fraction of sp³-hybridized carbons (Fsp3) is 0.636. The molecule has 0 radical (unpaired) electrons. The molecule has 0 spiro atoms. The van der Waals surface area contributed by atoms with Gasteiger partial charge in [-0.05, 0) is 33.1 Å². The molecule has 1 heteroatoms. The fourth-order valence-corrected chi connectivity index (χ4v) is 0.948. The summed E-state index contributed by atoms with van der Waals surface area (Å²) in [6.45, 7) is 6.56. The SMILES string of the molecule is CCC(C)=CCCC(C)=CCO. The molecule has 0 rings (SSSR count). The molecule has 0 fully saturated rings. The molecule has 0 heterocycles. The van der Waals surface area contributed by atoms with Gasteiger partial charge in [-0.3, -0.25) is 0 Å². The van der Waals surface area contributed by atoms with Crippen molar-refractivity contribution in [3.8, 4) is 0 Å². The van der Waals surface area contributed by atoms with Gasteiger partial charge < -0.3 is 5.11 Å². The molecule has 1 N–H and O–H groups in total. The van der Waals surface area contributed by atoms with Gasteiger partial charge >= 0.3 is 0 Å². The van der Waals surface area contributed by atoms with E-state index >= 15 is 0 Å². The maximum absolute atomic E-state index is 8.60. The maximum atomic E-state index is 8.60. The Morgan fingerprint density at radius 3 is 2.33 bits per heavy atom. The zero-order chi connectivity index (χ0) is 9.40. The number of rotatable bonds is 5. The van der Waals surface area contributed by atoms with Gasteiger partial charge in [0.25, 0.3) is 0 Å². The van der Waals surface area contributed by atoms with Crippen LogP contribution in [0.3, 0.4) is 0 Å². The Labute approximate surface area is 75.8 Å². The topological polar surface area (TPSA) is 20.2 Å². The lowest BCUT2D eigenvalue weighted by Gasteiger charge is -1.98. The minimum Gasteiger partial charge on any atom is -0.392 e. The molecule has 12 heavy (non-hydrogen) atoms.